The van der Waals surface area contributed by atoms with Crippen molar-refractivity contribution in [3.05, 3.63) is 0 Å². The van der Waals surface area contributed by atoms with E-state index in [1.54, 1.807) is 14.1 Å². The first-order valence-corrected chi connectivity index (χ1v) is 5.30. The highest BCUT2D eigenvalue weighted by Gasteiger charge is 2.20. The van der Waals surface area contributed by atoms with E-state index in [2.05, 4.69) is 10.6 Å². The van der Waals surface area contributed by atoms with Crippen LogP contribution in [0.3, 0.4) is 0 Å². The Kier molecular flexibility index (Phi) is 4.55. The van der Waals surface area contributed by atoms with Crippen LogP contribution in [0.25, 0.3) is 0 Å². The van der Waals surface area contributed by atoms with Gasteiger partial charge in [-0.2, -0.15) is 0 Å². The number of carbonyl (C=O) groups excluding carboxylic acids is 2. The second-order valence-corrected chi connectivity index (χ2v) is 4.04. The monoisotopic (exact) mass is 213 g/mol. The third-order valence-electron chi connectivity index (χ3n) is 2.29. The van der Waals surface area contributed by atoms with Crippen LogP contribution >= 0.6 is 0 Å². The summed E-state index contributed by atoms with van der Waals surface area (Å²) >= 11 is 0. The molecule has 0 unspecified atom stereocenters. The van der Waals surface area contributed by atoms with Crippen molar-refractivity contribution >= 4 is 11.8 Å². The molecule has 5 nitrogen and oxygen atoms in total. The minimum Gasteiger partial charge on any atom is -0.354 e. The van der Waals surface area contributed by atoms with E-state index >= 15 is 0 Å². The predicted octanol–water partition coefficient (Wildman–Crippen LogP) is -0.667. The Hall–Kier alpha value is -1.10. The zero-order valence-electron chi connectivity index (χ0n) is 9.38. The van der Waals surface area contributed by atoms with Crippen molar-refractivity contribution in [3.63, 3.8) is 0 Å². The van der Waals surface area contributed by atoms with Crippen molar-refractivity contribution in [3.8, 4) is 0 Å². The average molecular weight is 213 g/mol. The molecule has 0 atom stereocenters. The maximum absolute atomic E-state index is 11.2. The van der Waals surface area contributed by atoms with E-state index in [0.29, 0.717) is 25.6 Å². The fraction of sp³-hybridized carbons (Fsp3) is 0.800. The molecule has 1 fully saturated rings. The minimum atomic E-state index is -0.0338. The SMILES string of the molecule is CN(C)C(=O)CCNC(=O)CNC1CC1. The van der Waals surface area contributed by atoms with Crippen molar-refractivity contribution in [2.24, 2.45) is 0 Å². The first-order valence-electron chi connectivity index (χ1n) is 5.30. The largest absolute Gasteiger partial charge is 0.354 e. The topological polar surface area (TPSA) is 61.4 Å². The molecule has 5 heteroatoms. The van der Waals surface area contributed by atoms with Gasteiger partial charge >= 0.3 is 0 Å². The Morgan fingerprint density at radius 2 is 2.00 bits per heavy atom. The van der Waals surface area contributed by atoms with Crippen LogP contribution in [0.15, 0.2) is 0 Å². The van der Waals surface area contributed by atoms with E-state index in [0.717, 1.165) is 0 Å². The normalized spacial score (nSPS) is 14.8. The summed E-state index contributed by atoms with van der Waals surface area (Å²) in [6, 6.07) is 0.541. The first kappa shape index (κ1) is 12.0. The molecule has 0 aromatic carbocycles. The van der Waals surface area contributed by atoms with E-state index in [1.165, 1.54) is 17.7 Å². The second kappa shape index (κ2) is 5.70. The van der Waals surface area contributed by atoms with Gasteiger partial charge in [0.05, 0.1) is 6.54 Å². The maximum atomic E-state index is 11.2. The van der Waals surface area contributed by atoms with Gasteiger partial charge in [0, 0.05) is 33.1 Å². The lowest BCUT2D eigenvalue weighted by Crippen LogP contribution is -2.36. The van der Waals surface area contributed by atoms with Crippen LogP contribution in [0.4, 0.5) is 0 Å². The van der Waals surface area contributed by atoms with E-state index in [4.69, 9.17) is 0 Å². The molecule has 1 aliphatic carbocycles. The van der Waals surface area contributed by atoms with Crippen LogP contribution in [-0.4, -0.2) is 49.9 Å². The Balaban J connectivity index is 1.98. The Labute approximate surface area is 90.2 Å². The molecule has 0 aromatic rings. The summed E-state index contributed by atoms with van der Waals surface area (Å²) in [4.78, 5) is 23.9. The Bertz CT molecular complexity index is 237. The van der Waals surface area contributed by atoms with Gasteiger partial charge in [-0.05, 0) is 12.8 Å². The molecule has 0 radical (unpaired) electrons. The second-order valence-electron chi connectivity index (χ2n) is 4.04. The predicted molar refractivity (Wildman–Crippen MR) is 57.3 cm³/mol. The number of nitrogens with zero attached hydrogens (tertiary/aromatic N) is 1. The molecule has 1 saturated carbocycles. The van der Waals surface area contributed by atoms with Gasteiger partial charge in [0.1, 0.15) is 0 Å². The van der Waals surface area contributed by atoms with Gasteiger partial charge in [-0.25, -0.2) is 0 Å². The van der Waals surface area contributed by atoms with Crippen LogP contribution in [0.1, 0.15) is 19.3 Å². The Morgan fingerprint density at radius 1 is 1.33 bits per heavy atom. The van der Waals surface area contributed by atoms with Crippen molar-refractivity contribution in [1.29, 1.82) is 0 Å². The maximum Gasteiger partial charge on any atom is 0.233 e. The molecule has 0 saturated heterocycles. The van der Waals surface area contributed by atoms with Crippen LogP contribution in [0.2, 0.25) is 0 Å². The third kappa shape index (κ3) is 5.37. The molecule has 86 valence electrons. The van der Waals surface area contributed by atoms with Gasteiger partial charge in [-0.15, -0.1) is 0 Å². The van der Waals surface area contributed by atoms with Crippen LogP contribution in [0, 0.1) is 0 Å². The molecule has 1 rings (SSSR count). The highest BCUT2D eigenvalue weighted by Crippen LogP contribution is 2.17. The lowest BCUT2D eigenvalue weighted by atomic mass is 10.3. The highest BCUT2D eigenvalue weighted by molar-refractivity contribution is 5.80. The summed E-state index contributed by atoms with van der Waals surface area (Å²) < 4.78 is 0. The van der Waals surface area contributed by atoms with Gasteiger partial charge in [0.25, 0.3) is 0 Å². The molecular formula is C10H19N3O2. The van der Waals surface area contributed by atoms with Gasteiger partial charge in [0.2, 0.25) is 11.8 Å². The fourth-order valence-electron chi connectivity index (χ4n) is 1.12. The summed E-state index contributed by atoms with van der Waals surface area (Å²) in [5.41, 5.74) is 0. The summed E-state index contributed by atoms with van der Waals surface area (Å²) in [6.45, 7) is 0.781. The van der Waals surface area contributed by atoms with Crippen LogP contribution < -0.4 is 10.6 Å². The van der Waals surface area contributed by atoms with Crippen LogP contribution in [0.5, 0.6) is 0 Å². The third-order valence-corrected chi connectivity index (χ3v) is 2.29. The van der Waals surface area contributed by atoms with Gasteiger partial charge < -0.3 is 15.5 Å². The fourth-order valence-corrected chi connectivity index (χ4v) is 1.12. The molecule has 1 aliphatic rings. The van der Waals surface area contributed by atoms with E-state index in [9.17, 15) is 9.59 Å². The quantitative estimate of drug-likeness (QED) is 0.615. The lowest BCUT2D eigenvalue weighted by molar-refractivity contribution is -0.128. The Morgan fingerprint density at radius 3 is 2.53 bits per heavy atom. The van der Waals surface area contributed by atoms with Crippen molar-refractivity contribution in [2.75, 3.05) is 27.2 Å². The zero-order valence-corrected chi connectivity index (χ0v) is 9.38. The molecule has 0 aliphatic heterocycles. The van der Waals surface area contributed by atoms with Crippen molar-refractivity contribution in [1.82, 2.24) is 15.5 Å². The zero-order chi connectivity index (χ0) is 11.3. The molecule has 0 bridgehead atoms. The number of hydrogen-bond acceptors (Lipinski definition) is 3. The van der Waals surface area contributed by atoms with Crippen LogP contribution in [-0.2, 0) is 9.59 Å². The summed E-state index contributed by atoms with van der Waals surface area (Å²) in [6.07, 6.45) is 2.71. The smallest absolute Gasteiger partial charge is 0.233 e. The average Bonchev–Trinajstić information content (AvgIpc) is 2.97. The van der Waals surface area contributed by atoms with E-state index in [1.807, 2.05) is 0 Å². The summed E-state index contributed by atoms with van der Waals surface area (Å²) in [5.74, 6) is -0.00101. The molecular weight excluding hydrogens is 194 g/mol. The summed E-state index contributed by atoms with van der Waals surface area (Å²) in [7, 11) is 3.41. The van der Waals surface area contributed by atoms with E-state index < -0.39 is 0 Å². The lowest BCUT2D eigenvalue weighted by Gasteiger charge is -2.10. The van der Waals surface area contributed by atoms with Gasteiger partial charge in [-0.3, -0.25) is 9.59 Å². The van der Waals surface area contributed by atoms with E-state index in [-0.39, 0.29) is 11.8 Å². The first-order chi connectivity index (χ1) is 7.09. The molecule has 0 heterocycles. The van der Waals surface area contributed by atoms with Crippen molar-refractivity contribution < 1.29 is 9.59 Å². The molecule has 2 amide bonds. The minimum absolute atomic E-state index is 0.0328. The highest BCUT2D eigenvalue weighted by atomic mass is 16.2. The van der Waals surface area contributed by atoms with Gasteiger partial charge in [0.15, 0.2) is 0 Å². The molecule has 0 spiro atoms. The van der Waals surface area contributed by atoms with Crippen molar-refractivity contribution in [2.45, 2.75) is 25.3 Å². The molecule has 0 aromatic heterocycles. The van der Waals surface area contributed by atoms with Gasteiger partial charge in [-0.1, -0.05) is 0 Å². The number of amides is 2. The number of hydrogen-bond donors (Lipinski definition) is 2. The molecule has 2 N–H and O–H groups in total. The number of carbonyl (C=O) groups is 2. The number of rotatable bonds is 6. The number of nitrogens with one attached hydrogen (secondary N) is 2. The standard InChI is InChI=1S/C10H19N3O2/c1-13(2)10(15)5-6-11-9(14)7-12-8-3-4-8/h8,12H,3-7H2,1-2H3,(H,11,14). The summed E-state index contributed by atoms with van der Waals surface area (Å²) in [5, 5.41) is 5.81. The molecule has 15 heavy (non-hydrogen) atoms.